The van der Waals surface area contributed by atoms with Gasteiger partial charge in [-0.3, -0.25) is 0 Å². The molecule has 0 aromatic heterocycles. The van der Waals surface area contributed by atoms with Gasteiger partial charge in [-0.25, -0.2) is 4.31 Å². The maximum Gasteiger partial charge on any atom is 0.123 e. The van der Waals surface area contributed by atoms with Crippen molar-refractivity contribution in [1.29, 1.82) is 0 Å². The standard InChI is InChI=1S/C31H37ClN2OS/c32-28-15-17-29(18-16-28)36-34(23-26-14-13-25-9-2-4-11-30(25)26)24-27-10-3-5-12-31(27)35-22-8-21-33-19-6-1-7-20-33/h2-5,9-12,15-18,26H,1,6-8,13-14,19-24H2. The summed E-state index contributed by atoms with van der Waals surface area (Å²) in [6, 6.07) is 25.7. The maximum absolute atomic E-state index is 6.34. The van der Waals surface area contributed by atoms with Crippen LogP contribution in [-0.4, -0.2) is 42.0 Å². The van der Waals surface area contributed by atoms with Crippen molar-refractivity contribution in [1.82, 2.24) is 9.21 Å². The summed E-state index contributed by atoms with van der Waals surface area (Å²) in [7, 11) is 0. The average Bonchev–Trinajstić information content (AvgIpc) is 3.32. The number of fused-ring (bicyclic) bond motifs is 1. The Bertz CT molecular complexity index is 1100. The van der Waals surface area contributed by atoms with E-state index in [0.717, 1.165) is 43.4 Å². The molecule has 5 rings (SSSR count). The molecule has 0 amide bonds. The highest BCUT2D eigenvalue weighted by molar-refractivity contribution is 7.97. The predicted octanol–water partition coefficient (Wildman–Crippen LogP) is 7.83. The zero-order chi connectivity index (χ0) is 24.6. The maximum atomic E-state index is 6.34. The lowest BCUT2D eigenvalue weighted by atomic mass is 10.0. The number of nitrogens with zero attached hydrogens (tertiary/aromatic N) is 2. The van der Waals surface area contributed by atoms with E-state index >= 15 is 0 Å². The van der Waals surface area contributed by atoms with E-state index in [0.29, 0.717) is 5.92 Å². The van der Waals surface area contributed by atoms with Crippen LogP contribution in [0.25, 0.3) is 0 Å². The van der Waals surface area contributed by atoms with Gasteiger partial charge in [0.05, 0.1) is 6.61 Å². The third kappa shape index (κ3) is 7.07. The third-order valence-corrected chi connectivity index (χ3v) is 8.64. The van der Waals surface area contributed by atoms with Crippen LogP contribution in [0.4, 0.5) is 0 Å². The number of hydrogen-bond donors (Lipinski definition) is 0. The molecule has 5 heteroatoms. The minimum atomic E-state index is 0.554. The first-order valence-corrected chi connectivity index (χ1v) is 14.6. The second-order valence-corrected chi connectivity index (χ2v) is 11.6. The van der Waals surface area contributed by atoms with Crippen LogP contribution in [0.5, 0.6) is 5.75 Å². The Morgan fingerprint density at radius 2 is 1.69 bits per heavy atom. The van der Waals surface area contributed by atoms with Gasteiger partial charge >= 0.3 is 0 Å². The van der Waals surface area contributed by atoms with E-state index in [1.807, 2.05) is 24.1 Å². The summed E-state index contributed by atoms with van der Waals surface area (Å²) in [5.74, 6) is 1.57. The van der Waals surface area contributed by atoms with Crippen LogP contribution < -0.4 is 4.74 Å². The summed E-state index contributed by atoms with van der Waals surface area (Å²) in [4.78, 5) is 3.80. The number of rotatable bonds is 11. The lowest BCUT2D eigenvalue weighted by Gasteiger charge is -2.27. The molecule has 36 heavy (non-hydrogen) atoms. The van der Waals surface area contributed by atoms with Crippen molar-refractivity contribution in [3.63, 3.8) is 0 Å². The van der Waals surface area contributed by atoms with Crippen LogP contribution in [0.15, 0.2) is 77.7 Å². The molecule has 2 aliphatic rings. The Balaban J connectivity index is 1.25. The van der Waals surface area contributed by atoms with Gasteiger partial charge in [0, 0.05) is 35.1 Å². The SMILES string of the molecule is Clc1ccc(SN(Cc2ccccc2OCCCN2CCCCC2)CC2CCc3ccccc32)cc1. The molecule has 1 fully saturated rings. The molecule has 1 heterocycles. The minimum absolute atomic E-state index is 0.554. The second-order valence-electron chi connectivity index (χ2n) is 10.0. The molecule has 1 aliphatic carbocycles. The second kappa shape index (κ2) is 13.0. The molecule has 3 aromatic carbocycles. The van der Waals surface area contributed by atoms with Crippen molar-refractivity contribution in [2.45, 2.75) is 55.9 Å². The third-order valence-electron chi connectivity index (χ3n) is 7.37. The Labute approximate surface area is 225 Å². The molecule has 1 aliphatic heterocycles. The summed E-state index contributed by atoms with van der Waals surface area (Å²) in [6.45, 7) is 6.26. The van der Waals surface area contributed by atoms with Crippen molar-refractivity contribution >= 4 is 23.5 Å². The number of para-hydroxylation sites is 1. The smallest absolute Gasteiger partial charge is 0.123 e. The first-order valence-electron chi connectivity index (χ1n) is 13.4. The number of ether oxygens (including phenoxy) is 1. The average molecular weight is 521 g/mol. The van der Waals surface area contributed by atoms with E-state index in [1.165, 1.54) is 66.8 Å². The molecular formula is C31H37ClN2OS. The molecule has 1 atom stereocenters. The number of piperidine rings is 1. The minimum Gasteiger partial charge on any atom is -0.493 e. The van der Waals surface area contributed by atoms with Gasteiger partial charge < -0.3 is 9.64 Å². The van der Waals surface area contributed by atoms with E-state index in [4.69, 9.17) is 16.3 Å². The molecule has 3 nitrogen and oxygen atoms in total. The lowest BCUT2D eigenvalue weighted by molar-refractivity contribution is 0.204. The number of benzene rings is 3. The van der Waals surface area contributed by atoms with Gasteiger partial charge in [-0.15, -0.1) is 0 Å². The Morgan fingerprint density at radius 1 is 0.917 bits per heavy atom. The quantitative estimate of drug-likeness (QED) is 0.189. The lowest BCUT2D eigenvalue weighted by Crippen LogP contribution is -2.31. The number of halogens is 1. The zero-order valence-corrected chi connectivity index (χ0v) is 22.7. The van der Waals surface area contributed by atoms with Crippen LogP contribution >= 0.6 is 23.5 Å². The highest BCUT2D eigenvalue weighted by atomic mass is 35.5. The first-order chi connectivity index (χ1) is 17.7. The van der Waals surface area contributed by atoms with Crippen molar-refractivity contribution in [2.75, 3.05) is 32.8 Å². The molecule has 0 radical (unpaired) electrons. The van der Waals surface area contributed by atoms with E-state index in [1.54, 1.807) is 0 Å². The molecule has 0 saturated carbocycles. The normalized spacial score (nSPS) is 17.9. The van der Waals surface area contributed by atoms with Gasteiger partial charge in [-0.1, -0.05) is 60.5 Å². The molecule has 190 valence electrons. The highest BCUT2D eigenvalue weighted by Crippen LogP contribution is 2.37. The van der Waals surface area contributed by atoms with Gasteiger partial charge in [0.15, 0.2) is 0 Å². The van der Waals surface area contributed by atoms with E-state index in [-0.39, 0.29) is 0 Å². The van der Waals surface area contributed by atoms with Crippen molar-refractivity contribution < 1.29 is 4.74 Å². The Hall–Kier alpha value is -1.98. The topological polar surface area (TPSA) is 15.7 Å². The Morgan fingerprint density at radius 3 is 2.56 bits per heavy atom. The monoisotopic (exact) mass is 520 g/mol. The molecule has 0 spiro atoms. The summed E-state index contributed by atoms with van der Waals surface area (Å²) in [5, 5.41) is 0.777. The largest absolute Gasteiger partial charge is 0.493 e. The van der Waals surface area contributed by atoms with Gasteiger partial charge in [-0.2, -0.15) is 0 Å². The highest BCUT2D eigenvalue weighted by Gasteiger charge is 2.25. The van der Waals surface area contributed by atoms with Crippen LogP contribution in [0, 0.1) is 0 Å². The predicted molar refractivity (Wildman–Crippen MR) is 152 cm³/mol. The first kappa shape index (κ1) is 25.7. The molecule has 0 bridgehead atoms. The molecular weight excluding hydrogens is 484 g/mol. The van der Waals surface area contributed by atoms with Gasteiger partial charge in [0.2, 0.25) is 0 Å². The van der Waals surface area contributed by atoms with E-state index in [2.05, 4.69) is 69.9 Å². The van der Waals surface area contributed by atoms with Gasteiger partial charge in [-0.05, 0) is 105 Å². The fourth-order valence-electron chi connectivity index (χ4n) is 5.48. The molecule has 0 N–H and O–H groups in total. The van der Waals surface area contributed by atoms with Crippen molar-refractivity contribution in [2.24, 2.45) is 0 Å². The van der Waals surface area contributed by atoms with Crippen molar-refractivity contribution in [3.05, 3.63) is 94.5 Å². The van der Waals surface area contributed by atoms with E-state index in [9.17, 15) is 0 Å². The number of aryl methyl sites for hydroxylation is 1. The zero-order valence-electron chi connectivity index (χ0n) is 21.1. The number of likely N-dealkylation sites (tertiary alicyclic amines) is 1. The Kier molecular flexibility index (Phi) is 9.27. The van der Waals surface area contributed by atoms with E-state index < -0.39 is 0 Å². The van der Waals surface area contributed by atoms with Crippen molar-refractivity contribution in [3.8, 4) is 5.75 Å². The summed E-state index contributed by atoms with van der Waals surface area (Å²) in [5.41, 5.74) is 4.28. The van der Waals surface area contributed by atoms with Gasteiger partial charge in [0.25, 0.3) is 0 Å². The molecule has 1 saturated heterocycles. The van der Waals surface area contributed by atoms with Gasteiger partial charge in [0.1, 0.15) is 5.75 Å². The fourth-order valence-corrected chi connectivity index (χ4v) is 6.62. The summed E-state index contributed by atoms with van der Waals surface area (Å²) < 4.78 is 8.85. The fraction of sp³-hybridized carbons (Fsp3) is 0.419. The van der Waals surface area contributed by atoms with Crippen LogP contribution in [0.2, 0.25) is 5.02 Å². The van der Waals surface area contributed by atoms with Crippen LogP contribution in [0.3, 0.4) is 0 Å². The molecule has 1 unspecified atom stereocenters. The number of hydrogen-bond acceptors (Lipinski definition) is 4. The summed E-state index contributed by atoms with van der Waals surface area (Å²) in [6.07, 6.45) is 7.54. The molecule has 3 aromatic rings. The summed E-state index contributed by atoms with van der Waals surface area (Å²) >= 11 is 7.98. The van der Waals surface area contributed by atoms with Crippen LogP contribution in [0.1, 0.15) is 54.7 Å². The van der Waals surface area contributed by atoms with Crippen LogP contribution in [-0.2, 0) is 13.0 Å².